The summed E-state index contributed by atoms with van der Waals surface area (Å²) in [6.07, 6.45) is 1.10. The van der Waals surface area contributed by atoms with Crippen molar-refractivity contribution in [2.75, 3.05) is 0 Å². The van der Waals surface area contributed by atoms with E-state index in [1.54, 1.807) is 0 Å². The van der Waals surface area contributed by atoms with Crippen molar-refractivity contribution >= 4 is 6.09 Å². The number of alkyl carbamates (subject to hydrolysis) is 1. The highest BCUT2D eigenvalue weighted by molar-refractivity contribution is 5.74. The normalized spacial score (nSPS) is 11.8. The summed E-state index contributed by atoms with van der Waals surface area (Å²) >= 11 is 0. The van der Waals surface area contributed by atoms with Gasteiger partial charge < -0.3 is 15.2 Å². The van der Waals surface area contributed by atoms with Gasteiger partial charge in [0.2, 0.25) is 0 Å². The van der Waals surface area contributed by atoms with Crippen molar-refractivity contribution in [2.45, 2.75) is 87.0 Å². The highest BCUT2D eigenvalue weighted by atomic mass is 16.5. The van der Waals surface area contributed by atoms with Gasteiger partial charge in [0.15, 0.2) is 0 Å². The molecule has 0 aliphatic carbocycles. The van der Waals surface area contributed by atoms with Crippen LogP contribution in [0.5, 0.6) is 0 Å². The number of aryl methyl sites for hydroxylation is 1. The molecule has 0 atom stereocenters. The predicted octanol–water partition coefficient (Wildman–Crippen LogP) is 5.97. The van der Waals surface area contributed by atoms with E-state index in [9.17, 15) is 9.90 Å². The lowest BCUT2D eigenvalue weighted by molar-refractivity contribution is 0.131. The molecule has 5 heteroatoms. The molecule has 0 unspecified atom stereocenters. The first-order valence-electron chi connectivity index (χ1n) is 11.6. The summed E-state index contributed by atoms with van der Waals surface area (Å²) in [5.74, 6) is 0.799. The Kier molecular flexibility index (Phi) is 8.85. The third kappa shape index (κ3) is 7.33. The van der Waals surface area contributed by atoms with Crippen molar-refractivity contribution in [3.8, 4) is 11.1 Å². The largest absolute Gasteiger partial charge is 0.445 e. The Bertz CT molecular complexity index is 910. The Morgan fingerprint density at radius 3 is 2.00 bits per heavy atom. The fourth-order valence-electron chi connectivity index (χ4n) is 3.75. The second kappa shape index (κ2) is 11.0. The van der Waals surface area contributed by atoms with Crippen LogP contribution in [0.4, 0.5) is 4.79 Å². The van der Waals surface area contributed by atoms with E-state index in [2.05, 4.69) is 64.2 Å². The van der Waals surface area contributed by atoms with E-state index in [0.717, 1.165) is 46.5 Å². The molecular weight excluding hydrogens is 400 g/mol. The van der Waals surface area contributed by atoms with Crippen LogP contribution in [0.2, 0.25) is 0 Å². The van der Waals surface area contributed by atoms with Crippen LogP contribution in [0.25, 0.3) is 11.1 Å². The number of hydrogen-bond donors (Lipinski definition) is 2. The number of benzene rings is 1. The summed E-state index contributed by atoms with van der Waals surface area (Å²) in [5, 5.41) is 13.2. The van der Waals surface area contributed by atoms with Crippen LogP contribution in [-0.4, -0.2) is 21.7 Å². The Hall–Kier alpha value is -2.40. The lowest BCUT2D eigenvalue weighted by atomic mass is 9.88. The Morgan fingerprint density at radius 2 is 1.53 bits per heavy atom. The number of aliphatic hydroxyl groups is 1. The number of nitrogens with zero attached hydrogens (tertiary/aromatic N) is 1. The molecule has 0 spiro atoms. The average Bonchev–Trinajstić information content (AvgIpc) is 2.65. The summed E-state index contributed by atoms with van der Waals surface area (Å²) in [5.41, 5.74) is 6.30. The lowest BCUT2D eigenvalue weighted by Gasteiger charge is -2.24. The van der Waals surface area contributed by atoms with Gasteiger partial charge in [0.05, 0.1) is 6.61 Å². The molecule has 0 bridgehead atoms. The smallest absolute Gasteiger partial charge is 0.407 e. The molecule has 1 aromatic carbocycles. The number of rotatable bonds is 8. The molecule has 1 amide bonds. The zero-order valence-corrected chi connectivity index (χ0v) is 21.0. The van der Waals surface area contributed by atoms with E-state index in [-0.39, 0.29) is 18.8 Å². The Morgan fingerprint density at radius 1 is 1.00 bits per heavy atom. The number of pyridine rings is 1. The molecule has 0 aliphatic heterocycles. The van der Waals surface area contributed by atoms with E-state index >= 15 is 0 Å². The minimum Gasteiger partial charge on any atom is -0.445 e. The summed E-state index contributed by atoms with van der Waals surface area (Å²) in [4.78, 5) is 17.4. The molecule has 0 fully saturated rings. The van der Waals surface area contributed by atoms with Crippen LogP contribution >= 0.6 is 0 Å². The zero-order valence-electron chi connectivity index (χ0n) is 21.0. The van der Waals surface area contributed by atoms with Crippen molar-refractivity contribution < 1.29 is 14.6 Å². The van der Waals surface area contributed by atoms with Gasteiger partial charge in [0.25, 0.3) is 0 Å². The number of ether oxygens (including phenoxy) is 1. The summed E-state index contributed by atoms with van der Waals surface area (Å²) < 4.78 is 5.66. The van der Waals surface area contributed by atoms with E-state index < -0.39 is 6.09 Å². The van der Waals surface area contributed by atoms with Gasteiger partial charge in [-0.3, -0.25) is 4.98 Å². The number of aromatic nitrogens is 1. The second-order valence-electron chi connectivity index (χ2n) is 10.5. The summed E-state index contributed by atoms with van der Waals surface area (Å²) in [7, 11) is 0. The van der Waals surface area contributed by atoms with Crippen molar-refractivity contribution in [1.82, 2.24) is 10.3 Å². The highest BCUT2D eigenvalue weighted by Crippen LogP contribution is 2.34. The minimum absolute atomic E-state index is 0.106. The van der Waals surface area contributed by atoms with Crippen molar-refractivity contribution in [3.63, 3.8) is 0 Å². The van der Waals surface area contributed by atoms with Gasteiger partial charge in [0.1, 0.15) is 6.61 Å². The minimum atomic E-state index is -0.459. The quantitative estimate of drug-likeness (QED) is 0.530. The summed E-state index contributed by atoms with van der Waals surface area (Å²) in [6.45, 7) is 16.4. The first-order valence-corrected chi connectivity index (χ1v) is 11.6. The fraction of sp³-hybridized carbons (Fsp3) is 0.556. The highest BCUT2D eigenvalue weighted by Gasteiger charge is 2.23. The van der Waals surface area contributed by atoms with Gasteiger partial charge in [-0.1, -0.05) is 57.5 Å². The summed E-state index contributed by atoms with van der Waals surface area (Å²) in [6, 6.07) is 8.28. The number of carbonyl (C=O) groups is 1. The predicted molar refractivity (Wildman–Crippen MR) is 130 cm³/mol. The zero-order chi connectivity index (χ0) is 24.1. The molecule has 0 saturated heterocycles. The molecule has 0 radical (unpaired) electrons. The van der Waals surface area contributed by atoms with E-state index in [4.69, 9.17) is 9.72 Å². The second-order valence-corrected chi connectivity index (χ2v) is 10.5. The van der Waals surface area contributed by atoms with Gasteiger partial charge in [-0.05, 0) is 63.5 Å². The van der Waals surface area contributed by atoms with Crippen LogP contribution in [0.15, 0.2) is 24.3 Å². The number of hydrogen-bond acceptors (Lipinski definition) is 4. The van der Waals surface area contributed by atoms with Crippen molar-refractivity contribution in [2.24, 2.45) is 11.8 Å². The maximum Gasteiger partial charge on any atom is 0.407 e. The molecule has 2 rings (SSSR count). The molecule has 2 N–H and O–H groups in total. The average molecular weight is 441 g/mol. The van der Waals surface area contributed by atoms with E-state index in [1.165, 1.54) is 5.56 Å². The molecule has 0 aliphatic rings. The van der Waals surface area contributed by atoms with Crippen molar-refractivity contribution in [1.29, 1.82) is 0 Å². The maximum absolute atomic E-state index is 12.4. The monoisotopic (exact) mass is 440 g/mol. The van der Waals surface area contributed by atoms with E-state index in [0.29, 0.717) is 11.8 Å². The fourth-order valence-corrected chi connectivity index (χ4v) is 3.75. The van der Waals surface area contributed by atoms with Gasteiger partial charge in [-0.15, -0.1) is 0 Å². The van der Waals surface area contributed by atoms with Crippen molar-refractivity contribution in [3.05, 3.63) is 52.3 Å². The van der Waals surface area contributed by atoms with Gasteiger partial charge in [0, 0.05) is 28.1 Å². The third-order valence-electron chi connectivity index (χ3n) is 5.10. The van der Waals surface area contributed by atoms with Crippen LogP contribution in [0, 0.1) is 18.8 Å². The lowest BCUT2D eigenvalue weighted by Crippen LogP contribution is -2.40. The first kappa shape index (κ1) is 25.9. The van der Waals surface area contributed by atoms with Gasteiger partial charge in [-0.2, -0.15) is 0 Å². The number of amides is 1. The topological polar surface area (TPSA) is 71.5 Å². The number of nitrogens with one attached hydrogen (secondary N) is 1. The molecule has 32 heavy (non-hydrogen) atoms. The Labute approximate surface area is 193 Å². The molecule has 1 aromatic heterocycles. The number of aliphatic hydroxyl groups excluding tert-OH is 1. The van der Waals surface area contributed by atoms with Gasteiger partial charge >= 0.3 is 6.09 Å². The molecule has 176 valence electrons. The van der Waals surface area contributed by atoms with Crippen LogP contribution < -0.4 is 5.32 Å². The molecule has 5 nitrogen and oxygen atoms in total. The molecule has 2 aromatic rings. The van der Waals surface area contributed by atoms with Gasteiger partial charge in [-0.25, -0.2) is 4.79 Å². The van der Waals surface area contributed by atoms with Crippen LogP contribution in [0.1, 0.15) is 76.5 Å². The van der Waals surface area contributed by atoms with Crippen LogP contribution in [0.3, 0.4) is 0 Å². The SMILES string of the molecule is Cc1ccc(-c2c(CO)c(CC(C)C)nc(CC(C)C)c2COC(=O)NC(C)(C)C)cc1. The standard InChI is InChI=1S/C27H40N2O3/c1-17(2)13-23-21(15-30)25(20-11-9-19(5)10-12-20)22(24(28-23)14-18(3)4)16-32-26(31)29-27(6,7)8/h9-12,17-18,30H,13-16H2,1-8H3,(H,29,31). The molecule has 0 saturated carbocycles. The number of carbonyl (C=O) groups excluding carboxylic acids is 1. The maximum atomic E-state index is 12.4. The first-order chi connectivity index (χ1) is 14.9. The Balaban J connectivity index is 2.67. The molecular formula is C27H40N2O3. The molecule has 1 heterocycles. The van der Waals surface area contributed by atoms with Crippen LogP contribution in [-0.2, 0) is 30.8 Å². The van der Waals surface area contributed by atoms with E-state index in [1.807, 2.05) is 20.8 Å². The third-order valence-corrected chi connectivity index (χ3v) is 5.10.